The lowest BCUT2D eigenvalue weighted by molar-refractivity contribution is 1.38. The monoisotopic (exact) mass is 636 g/mol. The highest BCUT2D eigenvalue weighted by Gasteiger charge is 2.16. The van der Waals surface area contributed by atoms with Gasteiger partial charge in [-0.2, -0.15) is 0 Å². The second-order valence-electron chi connectivity index (χ2n) is 12.6. The van der Waals surface area contributed by atoms with Gasteiger partial charge in [-0.15, -0.1) is 0 Å². The van der Waals surface area contributed by atoms with E-state index in [9.17, 15) is 0 Å². The number of benzene rings is 7. The molecule has 50 heavy (non-hydrogen) atoms. The second kappa shape index (κ2) is 12.8. The highest BCUT2D eigenvalue weighted by molar-refractivity contribution is 6.08. The van der Waals surface area contributed by atoms with Crippen LogP contribution in [0.4, 0.5) is 0 Å². The van der Waals surface area contributed by atoms with Crippen molar-refractivity contribution in [3.05, 3.63) is 194 Å². The summed E-state index contributed by atoms with van der Waals surface area (Å²) in [5.74, 6) is 0. The van der Waals surface area contributed by atoms with Crippen LogP contribution in [0.1, 0.15) is 0 Å². The van der Waals surface area contributed by atoms with Gasteiger partial charge >= 0.3 is 0 Å². The van der Waals surface area contributed by atoms with Gasteiger partial charge in [0.2, 0.25) is 0 Å². The third-order valence-corrected chi connectivity index (χ3v) is 9.48. The van der Waals surface area contributed by atoms with E-state index in [1.54, 1.807) is 0 Å². The lowest BCUT2D eigenvalue weighted by Crippen LogP contribution is -1.94. The van der Waals surface area contributed by atoms with Crippen LogP contribution in [0, 0.1) is 0 Å². The fourth-order valence-corrected chi connectivity index (χ4v) is 6.88. The van der Waals surface area contributed by atoms with E-state index in [1.807, 2.05) is 0 Å². The van der Waals surface area contributed by atoms with Crippen molar-refractivity contribution in [3.8, 4) is 67.0 Å². The fraction of sp³-hybridized carbons (Fsp3) is 0. The van der Waals surface area contributed by atoms with Gasteiger partial charge in [0.05, 0.1) is 22.4 Å². The average Bonchev–Trinajstić information content (AvgIpc) is 3.21. The number of fused-ring (bicyclic) bond motifs is 2. The zero-order chi connectivity index (χ0) is 33.3. The lowest BCUT2D eigenvalue weighted by atomic mass is 9.93. The molecule has 2 nitrogen and oxygen atoms in total. The number of hydrogen-bond acceptors (Lipinski definition) is 2. The Labute approximate surface area is 292 Å². The summed E-state index contributed by atoms with van der Waals surface area (Å²) in [7, 11) is 0. The smallest absolute Gasteiger partial charge is 0.0723 e. The Kier molecular flexibility index (Phi) is 7.53. The van der Waals surface area contributed by atoms with Crippen LogP contribution in [0.3, 0.4) is 0 Å². The van der Waals surface area contributed by atoms with Crippen molar-refractivity contribution < 1.29 is 0 Å². The standard InChI is InChI=1S/C48H32N2/c1-5-13-33(14-6-1)35-21-25-39(26-22-35)45-29-41(37-17-9-3-10-18-37)43-32-48-44(31-47(43)49-45)42(38-19-11-4-12-20-38)30-46(50-48)40-27-23-36(24-28-40)34-15-7-2-8-16-34/h1-32H. The fourth-order valence-electron chi connectivity index (χ4n) is 6.88. The van der Waals surface area contributed by atoms with Gasteiger partial charge < -0.3 is 0 Å². The van der Waals surface area contributed by atoms with Crippen molar-refractivity contribution in [1.29, 1.82) is 0 Å². The van der Waals surface area contributed by atoms with Crippen LogP contribution in [0.25, 0.3) is 88.8 Å². The maximum absolute atomic E-state index is 5.31. The Hall–Kier alpha value is -6.64. The topological polar surface area (TPSA) is 25.8 Å². The molecule has 9 aromatic rings. The summed E-state index contributed by atoms with van der Waals surface area (Å²) in [5.41, 5.74) is 15.3. The van der Waals surface area contributed by atoms with Crippen LogP contribution >= 0.6 is 0 Å². The van der Waals surface area contributed by atoms with Crippen molar-refractivity contribution in [2.45, 2.75) is 0 Å². The Balaban J connectivity index is 1.23. The normalized spacial score (nSPS) is 11.2. The van der Waals surface area contributed by atoms with E-state index in [2.05, 4.69) is 194 Å². The molecule has 0 N–H and O–H groups in total. The Morgan fingerprint density at radius 1 is 0.240 bits per heavy atom. The molecule has 0 aliphatic rings. The van der Waals surface area contributed by atoms with Gasteiger partial charge in [-0.25, -0.2) is 9.97 Å². The Morgan fingerprint density at radius 3 is 0.860 bits per heavy atom. The first kappa shape index (κ1) is 29.5. The number of rotatable bonds is 6. The van der Waals surface area contributed by atoms with Gasteiger partial charge in [0.1, 0.15) is 0 Å². The number of pyridine rings is 2. The summed E-state index contributed by atoms with van der Waals surface area (Å²) in [4.78, 5) is 10.6. The summed E-state index contributed by atoms with van der Waals surface area (Å²) >= 11 is 0. The first-order valence-corrected chi connectivity index (χ1v) is 17.0. The molecule has 0 aliphatic carbocycles. The third kappa shape index (κ3) is 5.63. The van der Waals surface area contributed by atoms with E-state index in [1.165, 1.54) is 22.3 Å². The van der Waals surface area contributed by atoms with Gasteiger partial charge in [-0.1, -0.05) is 170 Å². The highest BCUT2D eigenvalue weighted by Crippen LogP contribution is 2.39. The molecule has 234 valence electrons. The SMILES string of the molecule is c1ccc(-c2ccc(-c3cc(-c4ccccc4)c4cc5nc(-c6ccc(-c7ccccc7)cc6)cc(-c6ccccc6)c5cc4n3)cc2)cc1. The lowest BCUT2D eigenvalue weighted by Gasteiger charge is -2.15. The maximum Gasteiger partial charge on any atom is 0.0723 e. The van der Waals surface area contributed by atoms with Crippen LogP contribution in [0.5, 0.6) is 0 Å². The van der Waals surface area contributed by atoms with Crippen LogP contribution in [0.2, 0.25) is 0 Å². The summed E-state index contributed by atoms with van der Waals surface area (Å²) in [6.07, 6.45) is 0. The minimum atomic E-state index is 0.944. The van der Waals surface area contributed by atoms with Crippen molar-refractivity contribution in [2.75, 3.05) is 0 Å². The highest BCUT2D eigenvalue weighted by atomic mass is 14.7. The number of hydrogen-bond donors (Lipinski definition) is 0. The molecule has 0 spiro atoms. The van der Waals surface area contributed by atoms with Crippen molar-refractivity contribution in [1.82, 2.24) is 9.97 Å². The summed E-state index contributed by atoms with van der Waals surface area (Å²) < 4.78 is 0. The Bertz CT molecular complexity index is 2390. The summed E-state index contributed by atoms with van der Waals surface area (Å²) in [5, 5.41) is 2.16. The van der Waals surface area contributed by atoms with Crippen LogP contribution in [0.15, 0.2) is 194 Å². The van der Waals surface area contributed by atoms with Crippen molar-refractivity contribution >= 4 is 21.8 Å². The average molecular weight is 637 g/mol. The van der Waals surface area contributed by atoms with E-state index in [0.29, 0.717) is 0 Å². The first-order valence-electron chi connectivity index (χ1n) is 17.0. The Morgan fingerprint density at radius 2 is 0.520 bits per heavy atom. The predicted molar refractivity (Wildman–Crippen MR) is 210 cm³/mol. The van der Waals surface area contributed by atoms with Gasteiger partial charge in [0, 0.05) is 21.9 Å². The van der Waals surface area contributed by atoms with Crippen LogP contribution < -0.4 is 0 Å². The molecule has 2 heteroatoms. The molecule has 7 aromatic carbocycles. The number of aromatic nitrogens is 2. The molecular formula is C48H32N2. The zero-order valence-corrected chi connectivity index (χ0v) is 27.4. The third-order valence-electron chi connectivity index (χ3n) is 9.48. The number of nitrogens with zero attached hydrogens (tertiary/aromatic N) is 2. The maximum atomic E-state index is 5.31. The molecule has 9 rings (SSSR count). The molecule has 0 radical (unpaired) electrons. The molecule has 2 aromatic heterocycles. The van der Waals surface area contributed by atoms with E-state index in [-0.39, 0.29) is 0 Å². The minimum absolute atomic E-state index is 0.944. The zero-order valence-electron chi connectivity index (χ0n) is 27.4. The summed E-state index contributed by atoms with van der Waals surface area (Å²) in [6, 6.07) is 68.6. The van der Waals surface area contributed by atoms with Gasteiger partial charge in [-0.3, -0.25) is 0 Å². The molecule has 0 saturated carbocycles. The quantitative estimate of drug-likeness (QED) is 0.170. The molecule has 0 amide bonds. The molecule has 0 saturated heterocycles. The summed E-state index contributed by atoms with van der Waals surface area (Å²) in [6.45, 7) is 0. The minimum Gasteiger partial charge on any atom is -0.248 e. The van der Waals surface area contributed by atoms with E-state index in [0.717, 1.165) is 66.6 Å². The predicted octanol–water partition coefficient (Wildman–Crippen LogP) is 12.8. The molecule has 0 fully saturated rings. The van der Waals surface area contributed by atoms with Gasteiger partial charge in [0.25, 0.3) is 0 Å². The molecule has 2 heterocycles. The van der Waals surface area contributed by atoms with E-state index >= 15 is 0 Å². The largest absolute Gasteiger partial charge is 0.248 e. The molecule has 0 bridgehead atoms. The molecule has 0 aliphatic heterocycles. The van der Waals surface area contributed by atoms with Crippen LogP contribution in [-0.2, 0) is 0 Å². The van der Waals surface area contributed by atoms with Gasteiger partial charge in [-0.05, 0) is 68.8 Å². The molecule has 0 atom stereocenters. The van der Waals surface area contributed by atoms with E-state index < -0.39 is 0 Å². The van der Waals surface area contributed by atoms with E-state index in [4.69, 9.17) is 9.97 Å². The molecular weight excluding hydrogens is 605 g/mol. The van der Waals surface area contributed by atoms with Gasteiger partial charge in [0.15, 0.2) is 0 Å². The molecule has 0 unspecified atom stereocenters. The van der Waals surface area contributed by atoms with Crippen LogP contribution in [-0.4, -0.2) is 9.97 Å². The second-order valence-corrected chi connectivity index (χ2v) is 12.6. The van der Waals surface area contributed by atoms with Crippen molar-refractivity contribution in [2.24, 2.45) is 0 Å². The van der Waals surface area contributed by atoms with Crippen molar-refractivity contribution in [3.63, 3.8) is 0 Å². The first-order chi connectivity index (χ1) is 24.8.